The molecule has 0 radical (unpaired) electrons. The molecule has 5 heterocycles. The Balaban J connectivity index is 1.06. The summed E-state index contributed by atoms with van der Waals surface area (Å²) in [6.45, 7) is 8.02. The van der Waals surface area contributed by atoms with Crippen molar-refractivity contribution in [3.05, 3.63) is 100 Å². The number of aryl methyl sites for hydroxylation is 1. The molecule has 2 atom stereocenters. The zero-order valence-corrected chi connectivity index (χ0v) is 36.2. The summed E-state index contributed by atoms with van der Waals surface area (Å²) in [5, 5.41) is 49.6. The van der Waals surface area contributed by atoms with Gasteiger partial charge in [-0.1, -0.05) is 32.9 Å². The average Bonchev–Trinajstić information content (AvgIpc) is 4.05. The molecule has 332 valence electrons. The second-order valence-electron chi connectivity index (χ2n) is 15.5. The molecule has 0 spiro atoms. The number of likely N-dealkylation sites (N-methyl/N-ethyl adjacent to an activating group) is 1. The van der Waals surface area contributed by atoms with Crippen LogP contribution in [-0.2, 0) is 6.42 Å². The van der Waals surface area contributed by atoms with E-state index >= 15 is 0 Å². The highest BCUT2D eigenvalue weighted by Gasteiger charge is 2.30. The number of benzene rings is 2. The Morgan fingerprint density at radius 1 is 0.922 bits per heavy atom. The Hall–Kier alpha value is -8.10. The van der Waals surface area contributed by atoms with Crippen molar-refractivity contribution in [2.75, 3.05) is 38.3 Å². The van der Waals surface area contributed by atoms with Gasteiger partial charge in [0.2, 0.25) is 17.1 Å². The number of phenolic OH excluding ortho intramolecular Hbond substituents is 2. The Kier molecular flexibility index (Phi) is 12.7. The number of carbonyl (C=O) groups is 2. The lowest BCUT2D eigenvalue weighted by Crippen LogP contribution is -2.81. The van der Waals surface area contributed by atoms with Crippen molar-refractivity contribution in [3.8, 4) is 11.5 Å². The quantitative estimate of drug-likeness (QED) is 0.0716. The first-order valence-corrected chi connectivity index (χ1v) is 20.3. The predicted octanol–water partition coefficient (Wildman–Crippen LogP) is 4.08. The maximum absolute atomic E-state index is 13.8. The number of hydrogen-bond acceptors (Lipinski definition) is 15. The van der Waals surface area contributed by atoms with E-state index in [4.69, 9.17) is 19.2 Å². The van der Waals surface area contributed by atoms with Crippen molar-refractivity contribution in [1.82, 2.24) is 35.4 Å². The van der Waals surface area contributed by atoms with E-state index in [2.05, 4.69) is 51.2 Å². The molecule has 2 aromatic carbocycles. The van der Waals surface area contributed by atoms with E-state index in [0.29, 0.717) is 30.1 Å². The molecule has 0 fully saturated rings. The van der Waals surface area contributed by atoms with Crippen molar-refractivity contribution in [2.45, 2.75) is 52.6 Å². The standard InChI is InChI=1S/C43H47N14O7/c1-8-26(46-37-38(53-41-40(52-37)54-64-55-41)48-27-13-9-11-24(32(27)58)42(60)56(5)6)29-18-16-23(63-29)19-20-57(7)43(61)25-12-10-14-28(33(25)59)47-36-39(51-35(45)34(44)50-36)49-31(21(2)3)30-17-15-22(4)62-30/h9-18,21,26,31H,8,19-20H2,1-7H3,(H7-,44,45,46,47,48,49,50,51,52,53,54,55,58,59,60,61)/q-1/p+1/t26-,31-/m1/s1. The fourth-order valence-corrected chi connectivity index (χ4v) is 6.75. The first-order valence-electron chi connectivity index (χ1n) is 20.3. The van der Waals surface area contributed by atoms with Crippen molar-refractivity contribution >= 4 is 69.5 Å². The van der Waals surface area contributed by atoms with Crippen LogP contribution in [0.4, 0.5) is 23.0 Å². The smallest absolute Gasteiger partial charge is 0.319 e. The molecule has 1 aliphatic rings. The molecule has 0 unspecified atom stereocenters. The summed E-state index contributed by atoms with van der Waals surface area (Å²) in [6.07, 6.45) is 0.881. The minimum Gasteiger partial charge on any atom is -0.505 e. The van der Waals surface area contributed by atoms with Crippen LogP contribution in [0.25, 0.3) is 16.7 Å². The molecule has 6 aromatic rings. The summed E-state index contributed by atoms with van der Waals surface area (Å²) >= 11 is 0. The van der Waals surface area contributed by atoms with E-state index in [9.17, 15) is 25.2 Å². The van der Waals surface area contributed by atoms with Gasteiger partial charge in [0.1, 0.15) is 28.7 Å². The van der Waals surface area contributed by atoms with Gasteiger partial charge in [0, 0.05) is 40.0 Å². The SMILES string of the molecule is CC[C@@H](Nc1nc2nonc2nc1Nc1cccc(C(=O)N(C)C)c1O)c1ccc(CCN(C)C(=O)c2cccc(N=C3N=C(N)C(=[N-])NC3=[NH+][C@@H](c3ccc(C)o3)C(C)C)c2O)o1. The molecule has 8 N–H and O–H groups in total. The fourth-order valence-electron chi connectivity index (χ4n) is 6.75. The van der Waals surface area contributed by atoms with E-state index in [1.54, 1.807) is 39.3 Å². The maximum atomic E-state index is 13.8. The summed E-state index contributed by atoms with van der Waals surface area (Å²) < 4.78 is 17.0. The van der Waals surface area contributed by atoms with Crippen LogP contribution in [0.3, 0.4) is 0 Å². The number of anilines is 3. The van der Waals surface area contributed by atoms with Crippen molar-refractivity contribution in [2.24, 2.45) is 21.6 Å². The summed E-state index contributed by atoms with van der Waals surface area (Å²) in [5.41, 5.74) is 6.56. The molecule has 21 heteroatoms. The zero-order valence-electron chi connectivity index (χ0n) is 36.2. The van der Waals surface area contributed by atoms with Gasteiger partial charge in [0.25, 0.3) is 11.8 Å². The average molecular weight is 873 g/mol. The number of hydrogen-bond donors (Lipinski definition) is 7. The molecule has 64 heavy (non-hydrogen) atoms. The summed E-state index contributed by atoms with van der Waals surface area (Å²) in [7, 11) is 4.79. The number of carbonyl (C=O) groups excluding carboxylic acids is 2. The zero-order chi connectivity index (χ0) is 45.8. The fraction of sp³-hybridized carbons (Fsp3) is 0.302. The van der Waals surface area contributed by atoms with Crippen LogP contribution >= 0.6 is 0 Å². The number of amides is 2. The number of para-hydroxylation sites is 2. The lowest BCUT2D eigenvalue weighted by molar-refractivity contribution is -0.522. The van der Waals surface area contributed by atoms with Crippen LogP contribution in [0.5, 0.6) is 11.5 Å². The van der Waals surface area contributed by atoms with E-state index in [1.165, 1.54) is 28.0 Å². The summed E-state index contributed by atoms with van der Waals surface area (Å²) in [4.78, 5) is 50.4. The Morgan fingerprint density at radius 3 is 2.28 bits per heavy atom. The Morgan fingerprint density at radius 2 is 1.61 bits per heavy atom. The van der Waals surface area contributed by atoms with Crippen LogP contribution in [0.15, 0.2) is 84.1 Å². The number of aliphatic imine (C=N–C) groups is 2. The van der Waals surface area contributed by atoms with Gasteiger partial charge in [-0.3, -0.25) is 14.6 Å². The van der Waals surface area contributed by atoms with Crippen LogP contribution in [0.2, 0.25) is 0 Å². The third kappa shape index (κ3) is 9.37. The second kappa shape index (κ2) is 18.5. The molecule has 2 amide bonds. The van der Waals surface area contributed by atoms with Crippen molar-refractivity contribution < 1.29 is 38.3 Å². The van der Waals surface area contributed by atoms with Crippen LogP contribution < -0.4 is 26.7 Å². The maximum Gasteiger partial charge on any atom is 0.319 e. The van der Waals surface area contributed by atoms with E-state index in [0.717, 1.165) is 5.76 Å². The number of furan rings is 2. The number of rotatable bonds is 15. The highest BCUT2D eigenvalue weighted by molar-refractivity contribution is 6.57. The molecule has 21 nitrogen and oxygen atoms in total. The highest BCUT2D eigenvalue weighted by atomic mass is 16.6. The Labute approximate surface area is 366 Å². The molecule has 0 bridgehead atoms. The molecular weight excluding hydrogens is 825 g/mol. The van der Waals surface area contributed by atoms with Gasteiger partial charge in [-0.15, -0.1) is 0 Å². The van der Waals surface area contributed by atoms with Gasteiger partial charge >= 0.3 is 5.84 Å². The molecule has 0 saturated heterocycles. The summed E-state index contributed by atoms with van der Waals surface area (Å²) in [5.74, 6) is 1.16. The molecule has 0 saturated carbocycles. The largest absolute Gasteiger partial charge is 0.505 e. The van der Waals surface area contributed by atoms with Gasteiger partial charge in [-0.2, -0.15) is 0 Å². The van der Waals surface area contributed by atoms with Crippen LogP contribution in [0.1, 0.15) is 83.0 Å². The van der Waals surface area contributed by atoms with Crippen molar-refractivity contribution in [3.63, 3.8) is 0 Å². The number of phenols is 2. The lowest BCUT2D eigenvalue weighted by atomic mass is 10.0. The number of nitrogens with one attached hydrogen (secondary N) is 4. The lowest BCUT2D eigenvalue weighted by Gasteiger charge is -2.19. The first-order chi connectivity index (χ1) is 30.6. The molecule has 7 rings (SSSR count). The van der Waals surface area contributed by atoms with Crippen LogP contribution in [-0.4, -0.2) is 103 Å². The number of aromatic nitrogens is 4. The number of aromatic hydroxyl groups is 2. The minimum atomic E-state index is -0.468. The third-order valence-corrected chi connectivity index (χ3v) is 10.3. The number of nitrogens with zero attached hydrogens (tertiary/aromatic N) is 9. The summed E-state index contributed by atoms with van der Waals surface area (Å²) in [6, 6.07) is 15.9. The highest BCUT2D eigenvalue weighted by Crippen LogP contribution is 2.35. The normalized spacial score (nSPS) is 15.0. The second-order valence-corrected chi connectivity index (χ2v) is 15.5. The van der Waals surface area contributed by atoms with Gasteiger partial charge in [-0.25, -0.2) is 29.9 Å². The molecule has 1 aliphatic heterocycles. The predicted molar refractivity (Wildman–Crippen MR) is 238 cm³/mol. The van der Waals surface area contributed by atoms with E-state index in [-0.39, 0.29) is 105 Å². The van der Waals surface area contributed by atoms with E-state index in [1.807, 2.05) is 52.0 Å². The van der Waals surface area contributed by atoms with Gasteiger partial charge in [-0.05, 0) is 72.2 Å². The number of nitrogens with two attached hydrogens (primary N) is 1. The molecular formula is C43H48N14O7. The minimum absolute atomic E-state index is 0.00429. The Bertz CT molecular complexity index is 2820. The van der Waals surface area contributed by atoms with Gasteiger partial charge in [0.15, 0.2) is 40.8 Å². The monoisotopic (exact) mass is 872 g/mol. The first kappa shape index (κ1) is 44.0. The van der Waals surface area contributed by atoms with Crippen molar-refractivity contribution in [1.29, 1.82) is 0 Å². The number of amidine groups is 4. The molecule has 0 aliphatic carbocycles. The third-order valence-electron chi connectivity index (χ3n) is 10.3. The van der Waals surface area contributed by atoms with Gasteiger partial charge < -0.3 is 50.6 Å². The van der Waals surface area contributed by atoms with Gasteiger partial charge in [0.05, 0.1) is 22.9 Å². The number of fused-ring (bicyclic) bond motifs is 1. The topological polar surface area (TPSA) is 295 Å². The van der Waals surface area contributed by atoms with Crippen LogP contribution in [0, 0.1) is 12.8 Å². The van der Waals surface area contributed by atoms with E-state index < -0.39 is 11.9 Å². The molecule has 4 aromatic heterocycles.